The van der Waals surface area contributed by atoms with Crippen molar-refractivity contribution in [3.8, 4) is 0 Å². The van der Waals surface area contributed by atoms with Crippen molar-refractivity contribution in [2.75, 3.05) is 0 Å². The van der Waals surface area contributed by atoms with Crippen LogP contribution >= 0.6 is 0 Å². The highest BCUT2D eigenvalue weighted by Crippen LogP contribution is 2.86. The fourth-order valence-corrected chi connectivity index (χ4v) is 4.34. The summed E-state index contributed by atoms with van der Waals surface area (Å²) < 4.78 is 0. The van der Waals surface area contributed by atoms with Gasteiger partial charge in [0.2, 0.25) is 0 Å². The number of rotatable bonds is 7. The van der Waals surface area contributed by atoms with E-state index in [1.807, 2.05) is 0 Å². The van der Waals surface area contributed by atoms with E-state index < -0.39 is 0 Å². The van der Waals surface area contributed by atoms with E-state index in [9.17, 15) is 0 Å². The van der Waals surface area contributed by atoms with E-state index in [4.69, 9.17) is 0 Å². The van der Waals surface area contributed by atoms with Gasteiger partial charge in [-0.05, 0) is 41.4 Å². The van der Waals surface area contributed by atoms with Crippen LogP contribution in [-0.4, -0.2) is 0 Å². The van der Waals surface area contributed by atoms with E-state index in [-0.39, 0.29) is 0 Å². The SMILES string of the molecule is CCCCC(C)C1C2CC21C(C)C(C)CC. The highest BCUT2D eigenvalue weighted by atomic mass is 14.8. The Bertz CT molecular complexity index is 244. The first-order valence-electron chi connectivity index (χ1n) is 7.59. The topological polar surface area (TPSA) is 0 Å². The third-order valence-corrected chi connectivity index (χ3v) is 6.02. The second-order valence-electron chi connectivity index (χ2n) is 6.74. The van der Waals surface area contributed by atoms with Gasteiger partial charge in [-0.15, -0.1) is 0 Å². The van der Waals surface area contributed by atoms with Crippen molar-refractivity contribution >= 4 is 0 Å². The van der Waals surface area contributed by atoms with E-state index in [1.54, 1.807) is 6.42 Å². The summed E-state index contributed by atoms with van der Waals surface area (Å²) in [6.45, 7) is 12.2. The Morgan fingerprint density at radius 1 is 1.19 bits per heavy atom. The minimum absolute atomic E-state index is 0.836. The van der Waals surface area contributed by atoms with Crippen molar-refractivity contribution in [3.63, 3.8) is 0 Å². The second kappa shape index (κ2) is 4.35. The van der Waals surface area contributed by atoms with Crippen molar-refractivity contribution in [2.45, 2.75) is 66.7 Å². The van der Waals surface area contributed by atoms with Gasteiger partial charge in [-0.1, -0.05) is 60.3 Å². The Morgan fingerprint density at radius 3 is 2.38 bits per heavy atom. The minimum Gasteiger partial charge on any atom is -0.0654 e. The molecule has 0 amide bonds. The molecular weight excluding hydrogens is 192 g/mol. The highest BCUT2D eigenvalue weighted by molar-refractivity contribution is 5.28. The van der Waals surface area contributed by atoms with Crippen LogP contribution in [0.4, 0.5) is 0 Å². The highest BCUT2D eigenvalue weighted by Gasteiger charge is 2.80. The van der Waals surface area contributed by atoms with Crippen molar-refractivity contribution < 1.29 is 0 Å². The van der Waals surface area contributed by atoms with Crippen molar-refractivity contribution in [3.05, 3.63) is 0 Å². The van der Waals surface area contributed by atoms with Gasteiger partial charge in [0.25, 0.3) is 0 Å². The van der Waals surface area contributed by atoms with E-state index in [1.165, 1.54) is 25.7 Å². The van der Waals surface area contributed by atoms with Crippen LogP contribution in [0.25, 0.3) is 0 Å². The molecule has 0 radical (unpaired) electrons. The van der Waals surface area contributed by atoms with Crippen molar-refractivity contribution in [1.29, 1.82) is 0 Å². The molecule has 16 heavy (non-hydrogen) atoms. The van der Waals surface area contributed by atoms with Gasteiger partial charge in [0, 0.05) is 0 Å². The molecule has 2 fully saturated rings. The molecule has 0 aromatic carbocycles. The smallest absolute Gasteiger partial charge is 0.0201 e. The van der Waals surface area contributed by atoms with Crippen molar-refractivity contribution in [1.82, 2.24) is 0 Å². The molecule has 0 aromatic rings. The molecule has 0 heteroatoms. The van der Waals surface area contributed by atoms with Crippen LogP contribution in [-0.2, 0) is 0 Å². The monoisotopic (exact) mass is 222 g/mol. The lowest BCUT2D eigenvalue weighted by Crippen LogP contribution is -2.20. The van der Waals surface area contributed by atoms with Gasteiger partial charge in [-0.2, -0.15) is 0 Å². The molecule has 0 heterocycles. The maximum atomic E-state index is 2.53. The lowest BCUT2D eigenvalue weighted by atomic mass is 9.78. The van der Waals surface area contributed by atoms with Gasteiger partial charge in [0.05, 0.1) is 0 Å². The molecule has 0 spiro atoms. The maximum Gasteiger partial charge on any atom is -0.0201 e. The van der Waals surface area contributed by atoms with E-state index in [2.05, 4.69) is 34.6 Å². The Morgan fingerprint density at radius 2 is 1.88 bits per heavy atom. The molecular formula is C16H30. The summed E-state index contributed by atoms with van der Waals surface area (Å²) in [6, 6.07) is 0. The zero-order valence-corrected chi connectivity index (χ0v) is 11.9. The Kier molecular flexibility index (Phi) is 3.39. The third kappa shape index (κ3) is 1.73. The van der Waals surface area contributed by atoms with Gasteiger partial charge in [0.1, 0.15) is 0 Å². The Hall–Kier alpha value is 0. The van der Waals surface area contributed by atoms with Crippen LogP contribution in [0.5, 0.6) is 0 Å². The first kappa shape index (κ1) is 12.5. The molecule has 2 aliphatic rings. The first-order chi connectivity index (χ1) is 7.59. The summed E-state index contributed by atoms with van der Waals surface area (Å²) in [4.78, 5) is 0. The van der Waals surface area contributed by atoms with Gasteiger partial charge >= 0.3 is 0 Å². The summed E-state index contributed by atoms with van der Waals surface area (Å²) in [5.41, 5.74) is 0.836. The summed E-state index contributed by atoms with van der Waals surface area (Å²) in [5, 5.41) is 0. The number of hydrogen-bond acceptors (Lipinski definition) is 0. The second-order valence-corrected chi connectivity index (χ2v) is 6.74. The molecule has 6 unspecified atom stereocenters. The maximum absolute atomic E-state index is 2.53. The summed E-state index contributed by atoms with van der Waals surface area (Å²) in [6.07, 6.45) is 7.23. The molecule has 2 rings (SSSR count). The Labute approximate surface area is 102 Å². The number of unbranched alkanes of at least 4 members (excludes halogenated alkanes) is 1. The predicted molar refractivity (Wildman–Crippen MR) is 71.3 cm³/mol. The van der Waals surface area contributed by atoms with Crippen LogP contribution < -0.4 is 0 Å². The average molecular weight is 222 g/mol. The summed E-state index contributed by atoms with van der Waals surface area (Å²) in [5.74, 6) is 5.18. The van der Waals surface area contributed by atoms with Gasteiger partial charge in [-0.25, -0.2) is 0 Å². The van der Waals surface area contributed by atoms with E-state index >= 15 is 0 Å². The van der Waals surface area contributed by atoms with Crippen LogP contribution in [0.1, 0.15) is 66.7 Å². The molecule has 6 atom stereocenters. The molecule has 0 aromatic heterocycles. The van der Waals surface area contributed by atoms with Crippen LogP contribution in [0.3, 0.4) is 0 Å². The van der Waals surface area contributed by atoms with E-state index in [0.29, 0.717) is 0 Å². The molecule has 2 saturated carbocycles. The lowest BCUT2D eigenvalue weighted by Gasteiger charge is -2.27. The number of hydrogen-bond donors (Lipinski definition) is 0. The fourth-order valence-electron chi connectivity index (χ4n) is 4.34. The van der Waals surface area contributed by atoms with Gasteiger partial charge in [-0.3, -0.25) is 0 Å². The average Bonchev–Trinajstić information content (AvgIpc) is 3.12. The largest absolute Gasteiger partial charge is 0.0654 e. The summed E-state index contributed by atoms with van der Waals surface area (Å²) >= 11 is 0. The molecule has 2 aliphatic carbocycles. The standard InChI is InChI=1S/C16H30/c1-6-8-9-12(4)15-14-10-16(14,15)13(5)11(3)7-2/h11-15H,6-10H2,1-5H3. The van der Waals surface area contributed by atoms with Gasteiger partial charge in [0.15, 0.2) is 0 Å². The fraction of sp³-hybridized carbons (Fsp3) is 1.00. The van der Waals surface area contributed by atoms with Crippen LogP contribution in [0.15, 0.2) is 0 Å². The molecule has 0 saturated heterocycles. The van der Waals surface area contributed by atoms with Crippen LogP contribution in [0, 0.1) is 35.0 Å². The minimum atomic E-state index is 0.836. The molecule has 0 aliphatic heterocycles. The Balaban J connectivity index is 1.85. The quantitative estimate of drug-likeness (QED) is 0.560. The lowest BCUT2D eigenvalue weighted by molar-refractivity contribution is 0.218. The van der Waals surface area contributed by atoms with Gasteiger partial charge < -0.3 is 0 Å². The third-order valence-electron chi connectivity index (χ3n) is 6.02. The normalized spacial score (nSPS) is 41.1. The molecule has 94 valence electrons. The summed E-state index contributed by atoms with van der Waals surface area (Å²) in [7, 11) is 0. The molecule has 0 N–H and O–H groups in total. The first-order valence-corrected chi connectivity index (χ1v) is 7.59. The van der Waals surface area contributed by atoms with Crippen LogP contribution in [0.2, 0.25) is 0 Å². The molecule has 0 bridgehead atoms. The predicted octanol–water partition coefficient (Wildman–Crippen LogP) is 5.13. The zero-order valence-electron chi connectivity index (χ0n) is 11.9. The van der Waals surface area contributed by atoms with E-state index in [0.717, 1.165) is 35.0 Å². The zero-order chi connectivity index (χ0) is 11.9. The molecule has 0 nitrogen and oxygen atoms in total. The number of fused-ring (bicyclic) bond motifs is 1. The van der Waals surface area contributed by atoms with Crippen molar-refractivity contribution in [2.24, 2.45) is 35.0 Å².